The third-order valence-electron chi connectivity index (χ3n) is 7.15. The van der Waals surface area contributed by atoms with E-state index >= 15 is 0 Å². The van der Waals surface area contributed by atoms with Crippen LogP contribution in [0.25, 0.3) is 0 Å². The summed E-state index contributed by atoms with van der Waals surface area (Å²) < 4.78 is 6.76. The summed E-state index contributed by atoms with van der Waals surface area (Å²) in [6.07, 6.45) is 9.79. The van der Waals surface area contributed by atoms with Gasteiger partial charge >= 0.3 is 0 Å². The number of ether oxygens (including phenoxy) is 1. The predicted molar refractivity (Wildman–Crippen MR) is 156 cm³/mol. The van der Waals surface area contributed by atoms with Crippen molar-refractivity contribution in [2.75, 3.05) is 0 Å². The maximum Gasteiger partial charge on any atom is 0.162 e. The predicted octanol–water partition coefficient (Wildman–Crippen LogP) is 9.87. The lowest BCUT2D eigenvalue weighted by Gasteiger charge is -2.26. The van der Waals surface area contributed by atoms with E-state index in [1.807, 2.05) is 12.1 Å². The molecule has 1 unspecified atom stereocenters. The Morgan fingerprint density at radius 2 is 1.24 bits per heavy atom. The van der Waals surface area contributed by atoms with Crippen molar-refractivity contribution in [3.8, 4) is 0 Å². The number of hydrogen-bond acceptors (Lipinski definition) is 2. The SMILES string of the molecule is CCCC(CCCCCCCC(=O)c1ccc(C(C)(C)C)cc1)OC(c1ccccc1)c1ccccc1. The zero-order valence-electron chi connectivity index (χ0n) is 23.4. The minimum absolute atomic E-state index is 0.0255. The molecule has 3 rings (SSSR count). The van der Waals surface area contributed by atoms with Crippen LogP contribution in [0.1, 0.15) is 119 Å². The highest BCUT2D eigenvalue weighted by atomic mass is 16.5. The van der Waals surface area contributed by atoms with Gasteiger partial charge in [0.05, 0.1) is 6.10 Å². The summed E-state index contributed by atoms with van der Waals surface area (Å²) in [7, 11) is 0. The molecule has 0 radical (unpaired) electrons. The van der Waals surface area contributed by atoms with E-state index in [0.29, 0.717) is 6.42 Å². The second-order valence-electron chi connectivity index (χ2n) is 11.3. The van der Waals surface area contributed by atoms with E-state index in [4.69, 9.17) is 4.74 Å². The highest BCUT2D eigenvalue weighted by Crippen LogP contribution is 2.30. The Bertz CT molecular complexity index is 993. The standard InChI is InChI=1S/C35H46O2/c1-5-17-32(37-34(29-18-11-9-12-19-29)30-20-13-10-14-21-30)22-15-7-6-8-16-23-33(36)28-24-26-31(27-25-28)35(2,3)4/h9-14,18-21,24-27,32,34H,5-8,15-17,22-23H2,1-4H3. The van der Waals surface area contributed by atoms with Crippen molar-refractivity contribution >= 4 is 5.78 Å². The fraction of sp³-hybridized carbons (Fsp3) is 0.457. The van der Waals surface area contributed by atoms with Gasteiger partial charge in [-0.05, 0) is 41.4 Å². The van der Waals surface area contributed by atoms with Crippen molar-refractivity contribution in [1.29, 1.82) is 0 Å². The molecule has 2 heteroatoms. The summed E-state index contributed by atoms with van der Waals surface area (Å²) in [6, 6.07) is 29.4. The molecule has 0 saturated heterocycles. The van der Waals surface area contributed by atoms with Crippen molar-refractivity contribution in [1.82, 2.24) is 0 Å². The van der Waals surface area contributed by atoms with E-state index < -0.39 is 0 Å². The molecule has 0 bridgehead atoms. The maximum atomic E-state index is 12.6. The Morgan fingerprint density at radius 1 is 0.703 bits per heavy atom. The fourth-order valence-corrected chi connectivity index (χ4v) is 4.89. The summed E-state index contributed by atoms with van der Waals surface area (Å²) in [6.45, 7) is 8.84. The summed E-state index contributed by atoms with van der Waals surface area (Å²) in [4.78, 5) is 12.6. The Morgan fingerprint density at radius 3 is 1.78 bits per heavy atom. The van der Waals surface area contributed by atoms with Crippen molar-refractivity contribution < 1.29 is 9.53 Å². The smallest absolute Gasteiger partial charge is 0.162 e. The van der Waals surface area contributed by atoms with Gasteiger partial charge in [-0.3, -0.25) is 4.79 Å². The fourth-order valence-electron chi connectivity index (χ4n) is 4.89. The maximum absolute atomic E-state index is 12.6. The molecule has 0 N–H and O–H groups in total. The Balaban J connectivity index is 1.41. The summed E-state index contributed by atoms with van der Waals surface area (Å²) in [5.41, 5.74) is 4.67. The molecular formula is C35H46O2. The molecule has 0 aliphatic carbocycles. The number of ketones is 1. The first-order valence-corrected chi connectivity index (χ1v) is 14.3. The molecule has 37 heavy (non-hydrogen) atoms. The Labute approximate surface area is 225 Å². The average Bonchev–Trinajstić information content (AvgIpc) is 2.91. The van der Waals surface area contributed by atoms with E-state index in [2.05, 4.69) is 100 Å². The van der Waals surface area contributed by atoms with Crippen LogP contribution in [0.3, 0.4) is 0 Å². The largest absolute Gasteiger partial charge is 0.366 e. The van der Waals surface area contributed by atoms with E-state index in [0.717, 1.165) is 37.7 Å². The van der Waals surface area contributed by atoms with Crippen molar-refractivity contribution in [2.24, 2.45) is 0 Å². The minimum atomic E-state index is -0.0255. The van der Waals surface area contributed by atoms with Crippen LogP contribution in [0.2, 0.25) is 0 Å². The van der Waals surface area contributed by atoms with Crippen LogP contribution in [0.5, 0.6) is 0 Å². The summed E-state index contributed by atoms with van der Waals surface area (Å²) in [5.74, 6) is 0.268. The van der Waals surface area contributed by atoms with Crippen LogP contribution >= 0.6 is 0 Å². The van der Waals surface area contributed by atoms with Gasteiger partial charge in [0.15, 0.2) is 5.78 Å². The Kier molecular flexibility index (Phi) is 11.6. The van der Waals surface area contributed by atoms with Crippen molar-refractivity contribution in [3.63, 3.8) is 0 Å². The van der Waals surface area contributed by atoms with Crippen molar-refractivity contribution in [2.45, 2.75) is 103 Å². The molecule has 0 heterocycles. The third kappa shape index (κ3) is 9.59. The summed E-state index contributed by atoms with van der Waals surface area (Å²) >= 11 is 0. The normalized spacial score (nSPS) is 12.6. The number of carbonyl (C=O) groups excluding carboxylic acids is 1. The van der Waals surface area contributed by atoms with Gasteiger partial charge < -0.3 is 4.74 Å². The molecular weight excluding hydrogens is 452 g/mol. The third-order valence-corrected chi connectivity index (χ3v) is 7.15. The quantitative estimate of drug-likeness (QED) is 0.154. The van der Waals surface area contributed by atoms with Gasteiger partial charge in [-0.1, -0.05) is 145 Å². The first-order valence-electron chi connectivity index (χ1n) is 14.3. The van der Waals surface area contributed by atoms with Crippen LogP contribution in [-0.4, -0.2) is 11.9 Å². The molecule has 3 aromatic rings. The molecule has 198 valence electrons. The zero-order valence-corrected chi connectivity index (χ0v) is 23.4. The van der Waals surface area contributed by atoms with Gasteiger partial charge in [0.25, 0.3) is 0 Å². The lowest BCUT2D eigenvalue weighted by Crippen LogP contribution is -2.18. The van der Waals surface area contributed by atoms with E-state index in [-0.39, 0.29) is 23.4 Å². The zero-order chi connectivity index (χ0) is 26.5. The molecule has 0 aliphatic rings. The highest BCUT2D eigenvalue weighted by molar-refractivity contribution is 5.96. The van der Waals surface area contributed by atoms with Crippen LogP contribution < -0.4 is 0 Å². The second-order valence-corrected chi connectivity index (χ2v) is 11.3. The second kappa shape index (κ2) is 14.9. The van der Waals surface area contributed by atoms with Gasteiger partial charge in [-0.25, -0.2) is 0 Å². The van der Waals surface area contributed by atoms with E-state index in [1.165, 1.54) is 36.0 Å². The number of unbranched alkanes of at least 4 members (excludes halogenated alkanes) is 4. The number of hydrogen-bond donors (Lipinski definition) is 0. The first kappa shape index (κ1) is 28.9. The lowest BCUT2D eigenvalue weighted by molar-refractivity contribution is -0.00299. The number of carbonyl (C=O) groups is 1. The minimum Gasteiger partial charge on any atom is -0.366 e. The number of Topliss-reactive ketones (excluding diaryl/α,β-unsaturated/α-hetero) is 1. The highest BCUT2D eigenvalue weighted by Gasteiger charge is 2.20. The van der Waals surface area contributed by atoms with Gasteiger partial charge in [-0.2, -0.15) is 0 Å². The van der Waals surface area contributed by atoms with E-state index in [9.17, 15) is 4.79 Å². The van der Waals surface area contributed by atoms with Crippen molar-refractivity contribution in [3.05, 3.63) is 107 Å². The molecule has 0 saturated carbocycles. The molecule has 1 atom stereocenters. The molecule has 0 amide bonds. The van der Waals surface area contributed by atoms with E-state index in [1.54, 1.807) is 0 Å². The van der Waals surface area contributed by atoms with Gasteiger partial charge in [-0.15, -0.1) is 0 Å². The van der Waals surface area contributed by atoms with Crippen LogP contribution in [0, 0.1) is 0 Å². The van der Waals surface area contributed by atoms with Gasteiger partial charge in [0.1, 0.15) is 6.10 Å². The molecule has 0 spiro atoms. The topological polar surface area (TPSA) is 26.3 Å². The molecule has 0 aliphatic heterocycles. The van der Waals surface area contributed by atoms with Gasteiger partial charge in [0.2, 0.25) is 0 Å². The van der Waals surface area contributed by atoms with Crippen LogP contribution in [0.4, 0.5) is 0 Å². The number of benzene rings is 3. The average molecular weight is 499 g/mol. The first-order chi connectivity index (χ1) is 17.9. The lowest BCUT2D eigenvalue weighted by atomic mass is 9.86. The van der Waals surface area contributed by atoms with Gasteiger partial charge in [0, 0.05) is 12.0 Å². The Hall–Kier alpha value is -2.71. The summed E-state index contributed by atoms with van der Waals surface area (Å²) in [5, 5.41) is 0. The molecule has 0 aromatic heterocycles. The molecule has 0 fully saturated rings. The number of rotatable bonds is 15. The monoisotopic (exact) mass is 498 g/mol. The van der Waals surface area contributed by atoms with Crippen LogP contribution in [0.15, 0.2) is 84.9 Å². The molecule has 2 nitrogen and oxygen atoms in total. The van der Waals surface area contributed by atoms with Crippen LogP contribution in [-0.2, 0) is 10.2 Å². The molecule has 3 aromatic carbocycles.